The number of hydrogen-bond donors (Lipinski definition) is 1. The van der Waals surface area contributed by atoms with E-state index in [9.17, 15) is 22.0 Å². The van der Waals surface area contributed by atoms with Gasteiger partial charge in [-0.25, -0.2) is 13.2 Å². The Morgan fingerprint density at radius 2 is 1.78 bits per heavy atom. The number of carbonyl (C=O) groups is 1. The Balaban J connectivity index is 1.68. The highest BCUT2D eigenvalue weighted by Crippen LogP contribution is 2.32. The summed E-state index contributed by atoms with van der Waals surface area (Å²) in [6, 6.07) is 10.2. The highest BCUT2D eigenvalue weighted by molar-refractivity contribution is 7.91. The van der Waals surface area contributed by atoms with Crippen LogP contribution >= 0.6 is 0 Å². The van der Waals surface area contributed by atoms with Crippen molar-refractivity contribution in [1.82, 2.24) is 4.90 Å². The molecule has 0 atom stereocenters. The standard InChI is InChI=1S/C24H31F2N3O6S/c1-24(2,3)35-23(30)29-12-10-28(11-13-29)20-14-17(8-9-21(20)33-4)27-16-36(31,32)19-7-5-6-18(15-19)34-22(25)26/h5-9,14-15,22,27H,10-13,16H2,1-4H3. The van der Waals surface area contributed by atoms with E-state index in [4.69, 9.17) is 9.47 Å². The number of halogens is 2. The number of alkyl halides is 2. The van der Waals surface area contributed by atoms with E-state index < -0.39 is 27.9 Å². The summed E-state index contributed by atoms with van der Waals surface area (Å²) >= 11 is 0. The lowest BCUT2D eigenvalue weighted by Gasteiger charge is -2.37. The first-order chi connectivity index (χ1) is 16.9. The summed E-state index contributed by atoms with van der Waals surface area (Å²) in [7, 11) is -2.30. The van der Waals surface area contributed by atoms with Gasteiger partial charge in [-0.3, -0.25) is 0 Å². The molecule has 36 heavy (non-hydrogen) atoms. The normalized spacial score (nSPS) is 14.5. The van der Waals surface area contributed by atoms with E-state index in [2.05, 4.69) is 10.1 Å². The van der Waals surface area contributed by atoms with Gasteiger partial charge in [0.25, 0.3) is 0 Å². The van der Waals surface area contributed by atoms with Gasteiger partial charge in [0.1, 0.15) is 23.0 Å². The van der Waals surface area contributed by atoms with Crippen LogP contribution in [-0.2, 0) is 14.6 Å². The third-order valence-electron chi connectivity index (χ3n) is 5.31. The summed E-state index contributed by atoms with van der Waals surface area (Å²) in [4.78, 5) is 15.9. The highest BCUT2D eigenvalue weighted by Gasteiger charge is 2.27. The van der Waals surface area contributed by atoms with Crippen LogP contribution in [0.4, 0.5) is 25.0 Å². The fraction of sp³-hybridized carbons (Fsp3) is 0.458. The first kappa shape index (κ1) is 27.3. The average molecular weight is 528 g/mol. The van der Waals surface area contributed by atoms with E-state index >= 15 is 0 Å². The Morgan fingerprint density at radius 1 is 1.08 bits per heavy atom. The largest absolute Gasteiger partial charge is 0.495 e. The summed E-state index contributed by atoms with van der Waals surface area (Å²) in [5.74, 6) is -0.0853. The average Bonchev–Trinajstić information content (AvgIpc) is 2.81. The summed E-state index contributed by atoms with van der Waals surface area (Å²) in [5, 5.41) is 2.88. The highest BCUT2D eigenvalue weighted by atomic mass is 32.2. The quantitative estimate of drug-likeness (QED) is 0.546. The monoisotopic (exact) mass is 527 g/mol. The van der Waals surface area contributed by atoms with Crippen molar-refractivity contribution in [2.75, 3.05) is 49.4 Å². The Bertz CT molecular complexity index is 1160. The smallest absolute Gasteiger partial charge is 0.410 e. The maximum Gasteiger partial charge on any atom is 0.410 e. The molecule has 2 aromatic rings. The Labute approximate surface area is 209 Å². The van der Waals surface area contributed by atoms with Crippen LogP contribution in [-0.4, -0.2) is 70.8 Å². The molecular formula is C24H31F2N3O6S. The second-order valence-electron chi connectivity index (χ2n) is 9.13. The summed E-state index contributed by atoms with van der Waals surface area (Å²) in [6.07, 6.45) is -0.363. The lowest BCUT2D eigenvalue weighted by atomic mass is 10.2. The first-order valence-corrected chi connectivity index (χ1v) is 13.0. The fourth-order valence-electron chi connectivity index (χ4n) is 3.61. The van der Waals surface area contributed by atoms with E-state index in [1.165, 1.54) is 18.2 Å². The predicted octanol–water partition coefficient (Wildman–Crippen LogP) is 4.20. The van der Waals surface area contributed by atoms with Crippen LogP contribution in [0.5, 0.6) is 11.5 Å². The zero-order chi connectivity index (χ0) is 26.5. The first-order valence-electron chi connectivity index (χ1n) is 11.3. The molecule has 0 saturated carbocycles. The molecule has 1 aliphatic heterocycles. The van der Waals surface area contributed by atoms with Crippen molar-refractivity contribution >= 4 is 27.3 Å². The van der Waals surface area contributed by atoms with Crippen LogP contribution in [0.1, 0.15) is 20.8 Å². The number of amides is 1. The number of hydrogen-bond acceptors (Lipinski definition) is 8. The zero-order valence-electron chi connectivity index (χ0n) is 20.7. The molecule has 0 unspecified atom stereocenters. The molecule has 1 fully saturated rings. The number of piperazine rings is 1. The molecule has 12 heteroatoms. The van der Waals surface area contributed by atoms with Gasteiger partial charge in [0.05, 0.1) is 17.7 Å². The number of benzene rings is 2. The molecular weight excluding hydrogens is 496 g/mol. The third kappa shape index (κ3) is 7.36. The van der Waals surface area contributed by atoms with Gasteiger partial charge >= 0.3 is 12.7 Å². The Morgan fingerprint density at radius 3 is 2.39 bits per heavy atom. The van der Waals surface area contributed by atoms with E-state index in [1.54, 1.807) is 30.2 Å². The van der Waals surface area contributed by atoms with E-state index in [1.807, 2.05) is 25.7 Å². The molecule has 0 aromatic heterocycles. The number of carbonyl (C=O) groups excluding carboxylic acids is 1. The van der Waals surface area contributed by atoms with Gasteiger partial charge in [0.15, 0.2) is 9.84 Å². The third-order valence-corrected chi connectivity index (χ3v) is 6.80. The van der Waals surface area contributed by atoms with Gasteiger partial charge in [-0.2, -0.15) is 8.78 Å². The van der Waals surface area contributed by atoms with Gasteiger partial charge in [-0.05, 0) is 57.2 Å². The molecule has 198 valence electrons. The Hall–Kier alpha value is -3.28. The van der Waals surface area contributed by atoms with Crippen LogP contribution < -0.4 is 19.7 Å². The van der Waals surface area contributed by atoms with Crippen molar-refractivity contribution in [2.45, 2.75) is 37.9 Å². The molecule has 1 N–H and O–H groups in total. The second kappa shape index (κ2) is 11.2. The maximum absolute atomic E-state index is 12.8. The summed E-state index contributed by atoms with van der Waals surface area (Å²) in [5.41, 5.74) is 0.703. The summed E-state index contributed by atoms with van der Waals surface area (Å²) < 4.78 is 65.7. The molecule has 2 aromatic carbocycles. The topological polar surface area (TPSA) is 97.4 Å². The SMILES string of the molecule is COc1ccc(NCS(=O)(=O)c2cccc(OC(F)F)c2)cc1N1CCN(C(=O)OC(C)(C)C)CC1. The molecule has 0 aliphatic carbocycles. The molecule has 1 amide bonds. The van der Waals surface area contributed by atoms with E-state index in [0.717, 1.165) is 11.8 Å². The summed E-state index contributed by atoms with van der Waals surface area (Å²) in [6.45, 7) is 4.39. The Kier molecular flexibility index (Phi) is 8.49. The van der Waals surface area contributed by atoms with E-state index in [0.29, 0.717) is 37.6 Å². The van der Waals surface area contributed by atoms with Crippen molar-refractivity contribution in [3.8, 4) is 11.5 Å². The van der Waals surface area contributed by atoms with Gasteiger partial charge in [0, 0.05) is 31.9 Å². The molecule has 0 spiro atoms. The zero-order valence-corrected chi connectivity index (χ0v) is 21.5. The van der Waals surface area contributed by atoms with Crippen LogP contribution in [0.3, 0.4) is 0 Å². The molecule has 1 aliphatic rings. The predicted molar refractivity (Wildman–Crippen MR) is 132 cm³/mol. The van der Waals surface area contributed by atoms with Crippen LogP contribution in [0.15, 0.2) is 47.4 Å². The number of methoxy groups -OCH3 is 1. The lowest BCUT2D eigenvalue weighted by molar-refractivity contribution is -0.0500. The molecule has 1 saturated heterocycles. The lowest BCUT2D eigenvalue weighted by Crippen LogP contribution is -2.50. The van der Waals surface area contributed by atoms with Gasteiger partial charge < -0.3 is 29.3 Å². The minimum absolute atomic E-state index is 0.139. The van der Waals surface area contributed by atoms with E-state index in [-0.39, 0.29) is 16.7 Å². The minimum atomic E-state index is -3.84. The van der Waals surface area contributed by atoms with Gasteiger partial charge in [-0.1, -0.05) is 6.07 Å². The minimum Gasteiger partial charge on any atom is -0.495 e. The molecule has 0 radical (unpaired) electrons. The number of nitrogens with zero attached hydrogens (tertiary/aromatic N) is 2. The number of ether oxygens (including phenoxy) is 3. The van der Waals surface area contributed by atoms with Crippen molar-refractivity contribution in [3.05, 3.63) is 42.5 Å². The molecule has 3 rings (SSSR count). The molecule has 1 heterocycles. The van der Waals surface area contributed by atoms with Crippen molar-refractivity contribution in [2.24, 2.45) is 0 Å². The van der Waals surface area contributed by atoms with Gasteiger partial charge in [0.2, 0.25) is 0 Å². The van der Waals surface area contributed by atoms with Crippen molar-refractivity contribution in [1.29, 1.82) is 0 Å². The molecule has 9 nitrogen and oxygen atoms in total. The maximum atomic E-state index is 12.8. The van der Waals surface area contributed by atoms with Crippen molar-refractivity contribution in [3.63, 3.8) is 0 Å². The van der Waals surface area contributed by atoms with Crippen LogP contribution in [0.2, 0.25) is 0 Å². The molecule has 0 bridgehead atoms. The van der Waals surface area contributed by atoms with Crippen molar-refractivity contribution < 1.29 is 36.2 Å². The van der Waals surface area contributed by atoms with Crippen LogP contribution in [0.25, 0.3) is 0 Å². The fourth-order valence-corrected chi connectivity index (χ4v) is 4.71. The number of nitrogens with one attached hydrogen (secondary N) is 1. The second-order valence-corrected chi connectivity index (χ2v) is 11.1. The van der Waals surface area contributed by atoms with Gasteiger partial charge in [-0.15, -0.1) is 0 Å². The van der Waals surface area contributed by atoms with Crippen LogP contribution in [0, 0.1) is 0 Å². The number of anilines is 2. The number of sulfone groups is 1. The number of rotatable bonds is 8.